The van der Waals surface area contributed by atoms with Crippen molar-refractivity contribution in [2.45, 2.75) is 83.5 Å². The molecular formula is C16H29N3O2. The molecule has 1 saturated heterocycles. The van der Waals surface area contributed by atoms with Crippen LogP contribution in [0.2, 0.25) is 0 Å². The number of nitrogens with zero attached hydrogens (tertiary/aromatic N) is 1. The number of rotatable bonds is 3. The molecule has 21 heavy (non-hydrogen) atoms. The molecule has 1 aliphatic heterocycles. The monoisotopic (exact) mass is 295 g/mol. The molecule has 0 aromatic rings. The van der Waals surface area contributed by atoms with E-state index in [9.17, 15) is 9.59 Å². The Bertz CT molecular complexity index is 403. The van der Waals surface area contributed by atoms with Crippen molar-refractivity contribution in [2.75, 3.05) is 6.54 Å². The number of carbonyl (C=O) groups is 2. The van der Waals surface area contributed by atoms with Gasteiger partial charge in [-0.2, -0.15) is 0 Å². The molecule has 5 heteroatoms. The summed E-state index contributed by atoms with van der Waals surface area (Å²) in [5, 5.41) is 6.70. The van der Waals surface area contributed by atoms with Gasteiger partial charge in [0.25, 0.3) is 0 Å². The largest absolute Gasteiger partial charge is 0.351 e. The van der Waals surface area contributed by atoms with Crippen molar-refractivity contribution in [3.8, 4) is 0 Å². The third-order valence-electron chi connectivity index (χ3n) is 4.35. The lowest BCUT2D eigenvalue weighted by atomic mass is 9.84. The minimum atomic E-state index is -0.00643. The third-order valence-corrected chi connectivity index (χ3v) is 4.35. The number of carbonyl (C=O) groups excluding carboxylic acids is 2. The highest BCUT2D eigenvalue weighted by Gasteiger charge is 2.38. The first kappa shape index (κ1) is 16.3. The molecule has 2 rings (SSSR count). The molecule has 2 amide bonds. The standard InChI is InChI=1S/C16H29N3O2/c1-11(20)17-13-10-12(18-16(2,3)4)7-8-14(13)19-9-5-6-15(19)21/h12-14,18H,5-10H2,1-4H3,(H,17,20)/t12-,13-,14?/m1/s1. The Balaban J connectivity index is 2.04. The quantitative estimate of drug-likeness (QED) is 0.828. The molecule has 120 valence electrons. The number of amides is 2. The molecule has 2 fully saturated rings. The van der Waals surface area contributed by atoms with Crippen molar-refractivity contribution >= 4 is 11.8 Å². The first-order valence-corrected chi connectivity index (χ1v) is 8.10. The molecule has 5 nitrogen and oxygen atoms in total. The molecule has 0 aromatic carbocycles. The minimum Gasteiger partial charge on any atom is -0.351 e. The van der Waals surface area contributed by atoms with Crippen LogP contribution in [0.5, 0.6) is 0 Å². The highest BCUT2D eigenvalue weighted by Crippen LogP contribution is 2.28. The van der Waals surface area contributed by atoms with E-state index in [1.807, 2.05) is 4.90 Å². The van der Waals surface area contributed by atoms with Crippen LogP contribution in [0.3, 0.4) is 0 Å². The van der Waals surface area contributed by atoms with Crippen molar-refractivity contribution in [2.24, 2.45) is 0 Å². The predicted octanol–water partition coefficient (Wildman–Crippen LogP) is 1.42. The van der Waals surface area contributed by atoms with Gasteiger partial charge in [-0.1, -0.05) is 0 Å². The SMILES string of the molecule is CC(=O)N[C@@H]1C[C@H](NC(C)(C)C)CCC1N1CCCC1=O. The summed E-state index contributed by atoms with van der Waals surface area (Å²) in [6, 6.07) is 0.635. The fourth-order valence-electron chi connectivity index (χ4n) is 3.71. The van der Waals surface area contributed by atoms with Crippen LogP contribution in [-0.4, -0.2) is 46.9 Å². The lowest BCUT2D eigenvalue weighted by Gasteiger charge is -2.43. The summed E-state index contributed by atoms with van der Waals surface area (Å²) in [6.45, 7) is 8.89. The molecule has 0 aromatic heterocycles. The van der Waals surface area contributed by atoms with Crippen molar-refractivity contribution < 1.29 is 9.59 Å². The fourth-order valence-corrected chi connectivity index (χ4v) is 3.71. The van der Waals surface area contributed by atoms with Gasteiger partial charge >= 0.3 is 0 Å². The molecule has 1 unspecified atom stereocenters. The van der Waals surface area contributed by atoms with Crippen molar-refractivity contribution in [3.05, 3.63) is 0 Å². The van der Waals surface area contributed by atoms with E-state index in [0.29, 0.717) is 12.5 Å². The van der Waals surface area contributed by atoms with E-state index in [0.717, 1.165) is 32.2 Å². The Labute approximate surface area is 127 Å². The van der Waals surface area contributed by atoms with Crippen LogP contribution in [0.25, 0.3) is 0 Å². The molecular weight excluding hydrogens is 266 g/mol. The lowest BCUT2D eigenvalue weighted by Crippen LogP contribution is -2.58. The average Bonchev–Trinajstić information content (AvgIpc) is 2.73. The summed E-state index contributed by atoms with van der Waals surface area (Å²) in [5.41, 5.74) is 0.0712. The molecule has 2 aliphatic rings. The summed E-state index contributed by atoms with van der Waals surface area (Å²) >= 11 is 0. The van der Waals surface area contributed by atoms with Gasteiger partial charge in [0.2, 0.25) is 11.8 Å². The summed E-state index contributed by atoms with van der Waals surface area (Å²) < 4.78 is 0. The smallest absolute Gasteiger partial charge is 0.222 e. The Morgan fingerprint density at radius 2 is 2.00 bits per heavy atom. The minimum absolute atomic E-state index is 0.00643. The number of hydrogen-bond donors (Lipinski definition) is 2. The fraction of sp³-hybridized carbons (Fsp3) is 0.875. The van der Waals surface area contributed by atoms with E-state index in [-0.39, 0.29) is 29.4 Å². The van der Waals surface area contributed by atoms with Gasteiger partial charge in [0.05, 0.1) is 12.1 Å². The molecule has 0 radical (unpaired) electrons. The normalized spacial score (nSPS) is 30.6. The summed E-state index contributed by atoms with van der Waals surface area (Å²) in [6.07, 6.45) is 4.52. The Kier molecular flexibility index (Phi) is 4.91. The second kappa shape index (κ2) is 6.34. The topological polar surface area (TPSA) is 61.4 Å². The highest BCUT2D eigenvalue weighted by molar-refractivity contribution is 5.79. The highest BCUT2D eigenvalue weighted by atomic mass is 16.2. The van der Waals surface area contributed by atoms with Gasteiger partial charge in [0, 0.05) is 31.5 Å². The van der Waals surface area contributed by atoms with Crippen molar-refractivity contribution in [3.63, 3.8) is 0 Å². The van der Waals surface area contributed by atoms with Crippen LogP contribution in [-0.2, 0) is 9.59 Å². The molecule has 1 saturated carbocycles. The van der Waals surface area contributed by atoms with E-state index in [2.05, 4.69) is 31.4 Å². The van der Waals surface area contributed by atoms with Gasteiger partial charge in [-0.05, 0) is 46.5 Å². The van der Waals surface area contributed by atoms with Crippen molar-refractivity contribution in [1.82, 2.24) is 15.5 Å². The number of hydrogen-bond acceptors (Lipinski definition) is 3. The number of likely N-dealkylation sites (tertiary alicyclic amines) is 1. The number of nitrogens with one attached hydrogen (secondary N) is 2. The Morgan fingerprint density at radius 3 is 2.52 bits per heavy atom. The first-order chi connectivity index (χ1) is 9.76. The third kappa shape index (κ3) is 4.43. The van der Waals surface area contributed by atoms with Crippen LogP contribution < -0.4 is 10.6 Å². The molecule has 0 spiro atoms. The van der Waals surface area contributed by atoms with Gasteiger partial charge in [-0.25, -0.2) is 0 Å². The maximum atomic E-state index is 12.0. The van der Waals surface area contributed by atoms with E-state index in [1.165, 1.54) is 0 Å². The van der Waals surface area contributed by atoms with Crippen LogP contribution in [0.15, 0.2) is 0 Å². The zero-order chi connectivity index (χ0) is 15.6. The zero-order valence-corrected chi connectivity index (χ0v) is 13.7. The van der Waals surface area contributed by atoms with Gasteiger partial charge in [0.1, 0.15) is 0 Å². The first-order valence-electron chi connectivity index (χ1n) is 8.10. The average molecular weight is 295 g/mol. The van der Waals surface area contributed by atoms with Gasteiger partial charge in [0.15, 0.2) is 0 Å². The van der Waals surface area contributed by atoms with Crippen LogP contribution in [0.1, 0.15) is 59.8 Å². The second-order valence-corrected chi connectivity index (χ2v) is 7.47. The van der Waals surface area contributed by atoms with Crippen LogP contribution in [0, 0.1) is 0 Å². The zero-order valence-electron chi connectivity index (χ0n) is 13.7. The maximum Gasteiger partial charge on any atom is 0.222 e. The molecule has 1 heterocycles. The van der Waals surface area contributed by atoms with Crippen molar-refractivity contribution in [1.29, 1.82) is 0 Å². The van der Waals surface area contributed by atoms with E-state index >= 15 is 0 Å². The maximum absolute atomic E-state index is 12.0. The molecule has 1 aliphatic carbocycles. The molecule has 2 N–H and O–H groups in total. The molecule has 3 atom stereocenters. The Morgan fingerprint density at radius 1 is 1.29 bits per heavy atom. The summed E-state index contributed by atoms with van der Waals surface area (Å²) in [5.74, 6) is 0.241. The van der Waals surface area contributed by atoms with E-state index in [4.69, 9.17) is 0 Å². The van der Waals surface area contributed by atoms with Gasteiger partial charge in [-0.3, -0.25) is 9.59 Å². The van der Waals surface area contributed by atoms with Crippen LogP contribution in [0.4, 0.5) is 0 Å². The lowest BCUT2D eigenvalue weighted by molar-refractivity contribution is -0.132. The van der Waals surface area contributed by atoms with E-state index < -0.39 is 0 Å². The van der Waals surface area contributed by atoms with E-state index in [1.54, 1.807) is 6.92 Å². The summed E-state index contributed by atoms with van der Waals surface area (Å²) in [4.78, 5) is 25.5. The predicted molar refractivity (Wildman–Crippen MR) is 82.9 cm³/mol. The van der Waals surface area contributed by atoms with Gasteiger partial charge in [-0.15, -0.1) is 0 Å². The molecule has 0 bridgehead atoms. The summed E-state index contributed by atoms with van der Waals surface area (Å²) in [7, 11) is 0. The van der Waals surface area contributed by atoms with Gasteiger partial charge < -0.3 is 15.5 Å². The Hall–Kier alpha value is -1.10. The van der Waals surface area contributed by atoms with Crippen LogP contribution >= 0.6 is 0 Å². The second-order valence-electron chi connectivity index (χ2n) is 7.47.